The monoisotopic (exact) mass is 953 g/mol. The van der Waals surface area contributed by atoms with E-state index in [2.05, 4.69) is 19.6 Å². The Hall–Kier alpha value is -4.86. The Balaban J connectivity index is 0.000000162. The molecule has 0 radical (unpaired) electrons. The molecule has 6 atom stereocenters. The van der Waals surface area contributed by atoms with Gasteiger partial charge in [0.05, 0.1) is 45.2 Å². The summed E-state index contributed by atoms with van der Waals surface area (Å²) in [6.07, 6.45) is 0.101. The molecule has 2 aromatic heterocycles. The first-order valence-electron chi connectivity index (χ1n) is 21.3. The molecule has 18 nitrogen and oxygen atoms in total. The lowest BCUT2D eigenvalue weighted by atomic mass is 10.2. The number of hydrogen-bond donors (Lipinski definition) is 4. The molecule has 4 saturated heterocycles. The number of fused-ring (bicyclic) bond motifs is 2. The second-order valence-electron chi connectivity index (χ2n) is 16.6. The van der Waals surface area contributed by atoms with Crippen LogP contribution in [0.4, 0.5) is 34.9 Å². The first-order chi connectivity index (χ1) is 30.8. The van der Waals surface area contributed by atoms with E-state index in [4.69, 9.17) is 48.9 Å². The van der Waals surface area contributed by atoms with Gasteiger partial charge in [0.25, 0.3) is 0 Å². The van der Waals surface area contributed by atoms with E-state index in [1.54, 1.807) is 9.80 Å². The van der Waals surface area contributed by atoms with Gasteiger partial charge in [-0.05, 0) is 48.5 Å². The van der Waals surface area contributed by atoms with Gasteiger partial charge in [-0.25, -0.2) is 14.8 Å². The minimum Gasteiger partial charge on any atom is -0.480 e. The van der Waals surface area contributed by atoms with Crippen LogP contribution in [0.15, 0.2) is 58.3 Å². The smallest absolute Gasteiger partial charge is 0.326 e. The van der Waals surface area contributed by atoms with E-state index in [-0.39, 0.29) is 25.9 Å². The third-order valence-electron chi connectivity index (χ3n) is 12.5. The van der Waals surface area contributed by atoms with Crippen molar-refractivity contribution in [3.05, 3.63) is 70.0 Å². The number of nitrogens with two attached hydrogens (primary N) is 1. The quantitative estimate of drug-likeness (QED) is 0.197. The molecule has 8 heterocycles. The number of aliphatic hydroxyl groups is 2. The molecule has 0 aliphatic carbocycles. The lowest BCUT2D eigenvalue weighted by Gasteiger charge is -2.36. The first kappa shape index (κ1) is 44.3. The summed E-state index contributed by atoms with van der Waals surface area (Å²) in [5.74, 6) is 1.37. The number of carboxylic acid groups (broad SMARTS) is 1. The molecule has 0 saturated carbocycles. The van der Waals surface area contributed by atoms with Gasteiger partial charge in [-0.15, -0.1) is 0 Å². The topological polar surface area (TPSA) is 226 Å². The largest absolute Gasteiger partial charge is 0.480 e. The SMILES string of the molecule is NC(=O)[C@@H]1C[C@@H](O)CN1c1nc(N2CCN(c3ccc(Cl)cc3)CC2)nc2c1S(=O)CC2.O=C(O)[C@@H]1C[C@@H](O)CN1c1nc(N2CCN(c3ccc(Cl)cc3)CC2)nc2c1S(=O)CC2. The molecule has 0 spiro atoms. The summed E-state index contributed by atoms with van der Waals surface area (Å²) in [7, 11) is -2.50. The zero-order valence-corrected chi connectivity index (χ0v) is 38.0. The van der Waals surface area contributed by atoms with E-state index in [1.165, 1.54) is 0 Å². The third-order valence-corrected chi connectivity index (χ3v) is 15.9. The number of piperazine rings is 2. The number of primary amides is 1. The predicted octanol–water partition coefficient (Wildman–Crippen LogP) is 1.69. The fourth-order valence-electron chi connectivity index (χ4n) is 9.24. The average molecular weight is 955 g/mol. The number of rotatable bonds is 8. The number of β-amino-alcohol motifs (C(OH)–C–C–N with tert-alkyl or cyclic N) is 2. The van der Waals surface area contributed by atoms with Gasteiger partial charge in [0.2, 0.25) is 17.8 Å². The summed E-state index contributed by atoms with van der Waals surface area (Å²) >= 11 is 12.0. The maximum atomic E-state index is 12.7. The number of halogens is 2. The number of hydrogen-bond acceptors (Lipinski definition) is 16. The molecule has 340 valence electrons. The Morgan fingerprint density at radius 1 is 0.594 bits per heavy atom. The highest BCUT2D eigenvalue weighted by molar-refractivity contribution is 7.85. The summed E-state index contributed by atoms with van der Waals surface area (Å²) in [5.41, 5.74) is 9.29. The van der Waals surface area contributed by atoms with Crippen LogP contribution in [0.3, 0.4) is 0 Å². The minimum absolute atomic E-state index is 0.121. The summed E-state index contributed by atoms with van der Waals surface area (Å²) < 4.78 is 25.4. The maximum absolute atomic E-state index is 12.7. The number of carboxylic acids is 1. The Morgan fingerprint density at radius 2 is 0.969 bits per heavy atom. The molecule has 22 heteroatoms. The number of aromatic nitrogens is 4. The fourth-order valence-corrected chi connectivity index (χ4v) is 12.2. The summed E-state index contributed by atoms with van der Waals surface area (Å²) in [6.45, 7) is 6.42. The fraction of sp³-hybridized carbons (Fsp3) is 0.476. The highest BCUT2D eigenvalue weighted by Gasteiger charge is 2.42. The number of carbonyl (C=O) groups is 2. The number of nitrogens with zero attached hydrogens (tertiary/aromatic N) is 10. The van der Waals surface area contributed by atoms with Crippen LogP contribution in [0, 0.1) is 0 Å². The minimum atomic E-state index is -1.27. The van der Waals surface area contributed by atoms with Crippen molar-refractivity contribution in [1.82, 2.24) is 19.9 Å². The molecule has 64 heavy (non-hydrogen) atoms. The van der Waals surface area contributed by atoms with Crippen LogP contribution in [-0.2, 0) is 44.0 Å². The van der Waals surface area contributed by atoms with E-state index < -0.39 is 57.8 Å². The summed E-state index contributed by atoms with van der Waals surface area (Å²) in [4.78, 5) is 55.9. The van der Waals surface area contributed by atoms with Crippen LogP contribution >= 0.6 is 23.2 Å². The van der Waals surface area contributed by atoms with E-state index >= 15 is 0 Å². The van der Waals surface area contributed by atoms with E-state index in [9.17, 15) is 33.3 Å². The molecule has 2 aromatic carbocycles. The summed E-state index contributed by atoms with van der Waals surface area (Å²) in [6, 6.07) is 14.0. The number of anilines is 6. The van der Waals surface area contributed by atoms with Crippen molar-refractivity contribution < 1.29 is 33.3 Å². The van der Waals surface area contributed by atoms with Gasteiger partial charge >= 0.3 is 5.97 Å². The number of aliphatic hydroxyl groups excluding tert-OH is 2. The standard InChI is InChI=1S/C21H25ClN6O3S.C21H24ClN5O4S/c22-13-1-3-14(4-2-13)26-6-8-27(9-7-26)21-24-16-5-10-32(31)18(16)20(25-21)28-12-15(29)11-17(28)19(23)30;22-13-1-3-14(4-2-13)25-6-8-26(9-7-25)21-23-16-5-10-32(31)18(16)19(24-21)27-12-15(28)11-17(27)20(29)30/h1-4,15,17,29H,5-12H2,(H2,23,30);1-4,15,17,28H,5-12H2,(H,29,30)/t2*15-,17+,32?/m11/s1. The highest BCUT2D eigenvalue weighted by atomic mass is 35.5. The van der Waals surface area contributed by atoms with E-state index in [0.717, 1.165) is 56.3 Å². The van der Waals surface area contributed by atoms with Crippen LogP contribution in [0.2, 0.25) is 10.0 Å². The number of aliphatic carboxylic acids is 1. The number of amides is 1. The van der Waals surface area contributed by atoms with Crippen molar-refractivity contribution in [2.75, 3.05) is 106 Å². The molecule has 5 N–H and O–H groups in total. The maximum Gasteiger partial charge on any atom is 0.326 e. The van der Waals surface area contributed by atoms with Crippen LogP contribution in [0.25, 0.3) is 0 Å². The highest BCUT2D eigenvalue weighted by Crippen LogP contribution is 2.38. The molecule has 2 unspecified atom stereocenters. The first-order valence-corrected chi connectivity index (χ1v) is 24.7. The van der Waals surface area contributed by atoms with Crippen molar-refractivity contribution in [2.24, 2.45) is 5.73 Å². The van der Waals surface area contributed by atoms with Gasteiger partial charge in [-0.2, -0.15) is 9.97 Å². The van der Waals surface area contributed by atoms with E-state index in [0.29, 0.717) is 86.5 Å². The Bertz CT molecular complexity index is 2290. The van der Waals surface area contributed by atoms with Gasteiger partial charge in [-0.3, -0.25) is 13.2 Å². The van der Waals surface area contributed by atoms with Crippen LogP contribution in [0.1, 0.15) is 24.2 Å². The molecule has 4 aromatic rings. The predicted molar refractivity (Wildman–Crippen MR) is 246 cm³/mol. The summed E-state index contributed by atoms with van der Waals surface area (Å²) in [5, 5.41) is 31.4. The van der Waals surface area contributed by atoms with Gasteiger partial charge in [0, 0.05) is 124 Å². The van der Waals surface area contributed by atoms with Crippen LogP contribution in [-0.4, -0.2) is 157 Å². The van der Waals surface area contributed by atoms with Gasteiger partial charge in [0.15, 0.2) is 11.6 Å². The molecule has 4 fully saturated rings. The van der Waals surface area contributed by atoms with Gasteiger partial charge in [0.1, 0.15) is 21.9 Å². The van der Waals surface area contributed by atoms with Crippen molar-refractivity contribution in [1.29, 1.82) is 0 Å². The normalized spacial score (nSPS) is 25.3. The molecule has 6 aliphatic rings. The second kappa shape index (κ2) is 18.6. The van der Waals surface area contributed by atoms with Crippen LogP contribution in [0.5, 0.6) is 0 Å². The Labute approximate surface area is 384 Å². The molecular weight excluding hydrogens is 906 g/mol. The van der Waals surface area contributed by atoms with Gasteiger partial charge in [-0.1, -0.05) is 23.2 Å². The van der Waals surface area contributed by atoms with Crippen molar-refractivity contribution >= 4 is 91.6 Å². The van der Waals surface area contributed by atoms with Crippen molar-refractivity contribution in [2.45, 2.75) is 59.8 Å². The zero-order chi connectivity index (χ0) is 44.8. The molecule has 10 rings (SSSR count). The second-order valence-corrected chi connectivity index (χ2v) is 20.5. The number of aryl methyl sites for hydroxylation is 2. The zero-order valence-electron chi connectivity index (χ0n) is 34.8. The molecular formula is C42H49Cl2N11O7S2. The Morgan fingerprint density at radius 3 is 1.36 bits per heavy atom. The molecule has 6 aliphatic heterocycles. The van der Waals surface area contributed by atoms with Crippen molar-refractivity contribution in [3.63, 3.8) is 0 Å². The van der Waals surface area contributed by atoms with Crippen molar-refractivity contribution in [3.8, 4) is 0 Å². The molecule has 0 bridgehead atoms. The van der Waals surface area contributed by atoms with Crippen LogP contribution < -0.4 is 35.1 Å². The number of benzene rings is 2. The average Bonchev–Trinajstić information content (AvgIpc) is 4.09. The number of carbonyl (C=O) groups excluding carboxylic acids is 1. The molecule has 1 amide bonds. The van der Waals surface area contributed by atoms with E-state index in [1.807, 2.05) is 48.5 Å². The third kappa shape index (κ3) is 9.04. The Kier molecular flexibility index (Phi) is 12.9. The van der Waals surface area contributed by atoms with Gasteiger partial charge < -0.3 is 50.5 Å². The lowest BCUT2D eigenvalue weighted by molar-refractivity contribution is -0.138. The lowest BCUT2D eigenvalue weighted by Crippen LogP contribution is -2.47.